The molecule has 0 fully saturated rings. The molecule has 0 saturated heterocycles. The van der Waals surface area contributed by atoms with Crippen LogP contribution >= 0.6 is 12.2 Å². The van der Waals surface area contributed by atoms with Gasteiger partial charge >= 0.3 is 0 Å². The standard InChI is InChI=1S/C14H9N3S/c18-14-15-7-5-12-13-10(6-8-17(12)14)9-3-1-2-4-11(9)16-13/h1-8,16H. The molecule has 0 saturated carbocycles. The molecule has 0 aliphatic rings. The maximum absolute atomic E-state index is 5.24. The Balaban J connectivity index is 2.36. The highest BCUT2D eigenvalue weighted by Crippen LogP contribution is 2.27. The van der Waals surface area contributed by atoms with Gasteiger partial charge in [0.1, 0.15) is 0 Å². The van der Waals surface area contributed by atoms with Crippen molar-refractivity contribution in [2.24, 2.45) is 0 Å². The van der Waals surface area contributed by atoms with Crippen LogP contribution in [0.25, 0.3) is 27.3 Å². The van der Waals surface area contributed by atoms with Gasteiger partial charge in [0.2, 0.25) is 4.77 Å². The molecule has 0 radical (unpaired) electrons. The van der Waals surface area contributed by atoms with E-state index in [9.17, 15) is 0 Å². The summed E-state index contributed by atoms with van der Waals surface area (Å²) in [4.78, 5) is 7.59. The highest BCUT2D eigenvalue weighted by Gasteiger charge is 2.06. The number of aromatic amines is 1. The monoisotopic (exact) mass is 251 g/mol. The summed E-state index contributed by atoms with van der Waals surface area (Å²) < 4.78 is 2.50. The number of aromatic nitrogens is 3. The van der Waals surface area contributed by atoms with Crippen LogP contribution in [-0.2, 0) is 0 Å². The van der Waals surface area contributed by atoms with Crippen molar-refractivity contribution in [2.45, 2.75) is 0 Å². The van der Waals surface area contributed by atoms with Gasteiger partial charge in [-0.05, 0) is 30.4 Å². The van der Waals surface area contributed by atoms with Gasteiger partial charge in [-0.1, -0.05) is 18.2 Å². The van der Waals surface area contributed by atoms with Gasteiger partial charge in [0.05, 0.1) is 11.0 Å². The summed E-state index contributed by atoms with van der Waals surface area (Å²) in [5, 5.41) is 2.45. The number of para-hydroxylation sites is 1. The van der Waals surface area contributed by atoms with E-state index in [-0.39, 0.29) is 0 Å². The van der Waals surface area contributed by atoms with Gasteiger partial charge in [-0.3, -0.25) is 4.40 Å². The van der Waals surface area contributed by atoms with Gasteiger partial charge in [0.15, 0.2) is 0 Å². The topological polar surface area (TPSA) is 33.1 Å². The fourth-order valence-corrected chi connectivity index (χ4v) is 2.67. The van der Waals surface area contributed by atoms with E-state index in [4.69, 9.17) is 12.2 Å². The number of nitrogens with one attached hydrogen (secondary N) is 1. The zero-order valence-corrected chi connectivity index (χ0v) is 10.2. The molecule has 0 bridgehead atoms. The molecule has 1 N–H and O–H groups in total. The summed E-state index contributed by atoms with van der Waals surface area (Å²) in [6.07, 6.45) is 3.73. The lowest BCUT2D eigenvalue weighted by Gasteiger charge is -2.01. The van der Waals surface area contributed by atoms with Gasteiger partial charge < -0.3 is 4.98 Å². The lowest BCUT2D eigenvalue weighted by molar-refractivity contribution is 1.05. The lowest BCUT2D eigenvalue weighted by atomic mass is 10.2. The van der Waals surface area contributed by atoms with Crippen LogP contribution in [0.15, 0.2) is 48.8 Å². The molecule has 4 aromatic rings. The van der Waals surface area contributed by atoms with Crippen molar-refractivity contribution in [3.05, 3.63) is 53.6 Å². The molecule has 0 aliphatic carbocycles. The molecular weight excluding hydrogens is 242 g/mol. The fourth-order valence-electron chi connectivity index (χ4n) is 2.45. The predicted octanol–water partition coefficient (Wildman–Crippen LogP) is 3.70. The van der Waals surface area contributed by atoms with Crippen LogP contribution in [-0.4, -0.2) is 14.4 Å². The first-order valence-corrected chi connectivity index (χ1v) is 6.12. The number of hydrogen-bond acceptors (Lipinski definition) is 2. The van der Waals surface area contributed by atoms with E-state index < -0.39 is 0 Å². The van der Waals surface area contributed by atoms with Crippen LogP contribution in [0.1, 0.15) is 0 Å². The van der Waals surface area contributed by atoms with Crippen molar-refractivity contribution in [1.82, 2.24) is 14.4 Å². The molecule has 0 aliphatic heterocycles. The minimum atomic E-state index is 0.577. The summed E-state index contributed by atoms with van der Waals surface area (Å²) in [7, 11) is 0. The van der Waals surface area contributed by atoms with Gasteiger partial charge in [-0.2, -0.15) is 0 Å². The normalized spacial score (nSPS) is 11.6. The molecule has 3 nitrogen and oxygen atoms in total. The molecule has 1 aromatic carbocycles. The second-order valence-electron chi connectivity index (χ2n) is 4.26. The van der Waals surface area contributed by atoms with Crippen LogP contribution in [0.3, 0.4) is 0 Å². The Morgan fingerprint density at radius 2 is 1.94 bits per heavy atom. The van der Waals surface area contributed by atoms with Crippen LogP contribution in [0.2, 0.25) is 0 Å². The van der Waals surface area contributed by atoms with Crippen LogP contribution in [0, 0.1) is 4.77 Å². The number of pyridine rings is 1. The second-order valence-corrected chi connectivity index (χ2v) is 4.62. The largest absolute Gasteiger partial charge is 0.353 e. The Hall–Kier alpha value is -2.20. The third kappa shape index (κ3) is 1.18. The lowest BCUT2D eigenvalue weighted by Crippen LogP contribution is -1.92. The van der Waals surface area contributed by atoms with Gasteiger partial charge in [-0.25, -0.2) is 4.98 Å². The molecule has 4 rings (SSSR count). The first-order valence-electron chi connectivity index (χ1n) is 5.71. The van der Waals surface area contributed by atoms with Crippen molar-refractivity contribution in [3.63, 3.8) is 0 Å². The van der Waals surface area contributed by atoms with Gasteiger partial charge in [-0.15, -0.1) is 0 Å². The summed E-state index contributed by atoms with van der Waals surface area (Å²) in [5.74, 6) is 0. The summed E-state index contributed by atoms with van der Waals surface area (Å²) in [5.41, 5.74) is 3.30. The SMILES string of the molecule is S=c1nccc2c3[nH]c4ccccc4c3ccn12. The average Bonchev–Trinajstić information content (AvgIpc) is 2.78. The molecule has 3 heterocycles. The van der Waals surface area contributed by atoms with Gasteiger partial charge in [0.25, 0.3) is 0 Å². The Morgan fingerprint density at radius 3 is 2.89 bits per heavy atom. The minimum absolute atomic E-state index is 0.577. The maximum Gasteiger partial charge on any atom is 0.204 e. The van der Waals surface area contributed by atoms with Gasteiger partial charge in [0, 0.05) is 28.7 Å². The van der Waals surface area contributed by atoms with Crippen LogP contribution in [0.4, 0.5) is 0 Å². The Labute approximate surface area is 108 Å². The smallest absolute Gasteiger partial charge is 0.204 e. The summed E-state index contributed by atoms with van der Waals surface area (Å²) in [6.45, 7) is 0. The molecule has 0 unspecified atom stereocenters. The van der Waals surface area contributed by atoms with Crippen LogP contribution in [0.5, 0.6) is 0 Å². The van der Waals surface area contributed by atoms with E-state index in [2.05, 4.69) is 34.2 Å². The second kappa shape index (κ2) is 3.40. The van der Waals surface area contributed by atoms with E-state index in [0.29, 0.717) is 4.77 Å². The number of hydrogen-bond donors (Lipinski definition) is 1. The van der Waals surface area contributed by atoms with E-state index in [1.165, 1.54) is 10.8 Å². The third-order valence-corrected chi connectivity index (χ3v) is 3.58. The Kier molecular flexibility index (Phi) is 1.85. The molecule has 0 amide bonds. The fraction of sp³-hybridized carbons (Fsp3) is 0. The van der Waals surface area contributed by atoms with E-state index in [1.54, 1.807) is 6.20 Å². The van der Waals surface area contributed by atoms with E-state index >= 15 is 0 Å². The zero-order valence-electron chi connectivity index (χ0n) is 9.42. The quantitative estimate of drug-likeness (QED) is 0.483. The van der Waals surface area contributed by atoms with E-state index in [1.807, 2.05) is 22.7 Å². The highest BCUT2D eigenvalue weighted by atomic mass is 32.1. The summed E-state index contributed by atoms with van der Waals surface area (Å²) in [6, 6.07) is 12.4. The number of benzene rings is 1. The molecule has 3 aromatic heterocycles. The summed E-state index contributed by atoms with van der Waals surface area (Å²) >= 11 is 5.24. The molecule has 4 heteroatoms. The molecule has 0 atom stereocenters. The first-order chi connectivity index (χ1) is 8.84. The molecule has 18 heavy (non-hydrogen) atoms. The van der Waals surface area contributed by atoms with Crippen molar-refractivity contribution in [3.8, 4) is 0 Å². The van der Waals surface area contributed by atoms with Crippen LogP contribution < -0.4 is 0 Å². The Morgan fingerprint density at radius 1 is 1.06 bits per heavy atom. The zero-order chi connectivity index (χ0) is 12.1. The first kappa shape index (κ1) is 9.79. The van der Waals surface area contributed by atoms with Crippen molar-refractivity contribution >= 4 is 39.5 Å². The third-order valence-electron chi connectivity index (χ3n) is 3.28. The molecule has 0 spiro atoms. The highest BCUT2D eigenvalue weighted by molar-refractivity contribution is 7.71. The number of H-pyrrole nitrogens is 1. The van der Waals surface area contributed by atoms with Crippen molar-refractivity contribution in [2.75, 3.05) is 0 Å². The maximum atomic E-state index is 5.24. The average molecular weight is 251 g/mol. The molecule has 86 valence electrons. The van der Waals surface area contributed by atoms with Crippen molar-refractivity contribution < 1.29 is 0 Å². The van der Waals surface area contributed by atoms with E-state index in [0.717, 1.165) is 16.6 Å². The Bertz CT molecular complexity index is 949. The molecular formula is C14H9N3S. The number of nitrogens with zero attached hydrogens (tertiary/aromatic N) is 2. The number of rotatable bonds is 0. The predicted molar refractivity (Wildman–Crippen MR) is 75.4 cm³/mol. The van der Waals surface area contributed by atoms with Crippen molar-refractivity contribution in [1.29, 1.82) is 0 Å². The number of fused-ring (bicyclic) bond motifs is 5. The minimum Gasteiger partial charge on any atom is -0.353 e.